The van der Waals surface area contributed by atoms with Gasteiger partial charge in [-0.25, -0.2) is 4.79 Å². The van der Waals surface area contributed by atoms with E-state index in [1.807, 2.05) is 54.6 Å². The minimum Gasteiger partial charge on any atom is -0.466 e. The first-order chi connectivity index (χ1) is 16.5. The largest absolute Gasteiger partial charge is 0.466 e. The number of carbonyl (C=O) groups is 3. The predicted molar refractivity (Wildman–Crippen MR) is 130 cm³/mol. The first-order valence-electron chi connectivity index (χ1n) is 12.1. The number of hydrogen-bond acceptors (Lipinski definition) is 5. The van der Waals surface area contributed by atoms with Crippen LogP contribution in [0.2, 0.25) is 0 Å². The van der Waals surface area contributed by atoms with Crippen LogP contribution in [0, 0.1) is 0 Å². The number of esters is 1. The number of benzene rings is 2. The van der Waals surface area contributed by atoms with Gasteiger partial charge in [0.1, 0.15) is 6.04 Å². The Balaban J connectivity index is 1.45. The molecule has 2 aromatic carbocycles. The molecule has 0 bridgehead atoms. The molecule has 2 unspecified atom stereocenters. The lowest BCUT2D eigenvalue weighted by Crippen LogP contribution is -2.36. The van der Waals surface area contributed by atoms with Crippen LogP contribution in [0.1, 0.15) is 63.5 Å². The fourth-order valence-corrected chi connectivity index (χ4v) is 4.24. The van der Waals surface area contributed by atoms with Crippen LogP contribution in [-0.2, 0) is 14.3 Å². The second-order valence-electron chi connectivity index (χ2n) is 8.55. The number of ether oxygens (including phenoxy) is 1. The number of unbranched alkanes of at least 4 members (excludes halogenated alkanes) is 3. The maximum atomic E-state index is 12.3. The van der Waals surface area contributed by atoms with Crippen LogP contribution < -0.4 is 5.32 Å². The maximum absolute atomic E-state index is 12.3. The van der Waals surface area contributed by atoms with E-state index in [0.29, 0.717) is 32.4 Å². The second kappa shape index (κ2) is 12.9. The Kier molecular flexibility index (Phi) is 9.64. The molecular weight excluding hydrogens is 432 g/mol. The fourth-order valence-electron chi connectivity index (χ4n) is 4.24. The zero-order valence-electron chi connectivity index (χ0n) is 19.7. The molecule has 7 nitrogen and oxygen atoms in total. The molecule has 1 fully saturated rings. The summed E-state index contributed by atoms with van der Waals surface area (Å²) in [4.78, 5) is 37.5. The maximum Gasteiger partial charge on any atom is 0.324 e. The van der Waals surface area contributed by atoms with E-state index >= 15 is 0 Å². The highest BCUT2D eigenvalue weighted by Gasteiger charge is 2.37. The zero-order valence-corrected chi connectivity index (χ0v) is 19.7. The van der Waals surface area contributed by atoms with Gasteiger partial charge in [0.2, 0.25) is 0 Å². The van der Waals surface area contributed by atoms with Crippen LogP contribution in [0.4, 0.5) is 4.79 Å². The Labute approximate surface area is 201 Å². The van der Waals surface area contributed by atoms with Gasteiger partial charge >= 0.3 is 12.0 Å². The lowest BCUT2D eigenvalue weighted by atomic mass is 10.0. The molecule has 7 heteroatoms. The van der Waals surface area contributed by atoms with Crippen molar-refractivity contribution in [2.75, 3.05) is 13.2 Å². The van der Waals surface area contributed by atoms with Gasteiger partial charge in [0, 0.05) is 13.0 Å². The average Bonchev–Trinajstić information content (AvgIpc) is 3.12. The smallest absolute Gasteiger partial charge is 0.324 e. The van der Waals surface area contributed by atoms with E-state index in [2.05, 4.69) is 5.32 Å². The molecule has 3 amide bonds. The summed E-state index contributed by atoms with van der Waals surface area (Å²) in [5, 5.41) is 13.0. The lowest BCUT2D eigenvalue weighted by Gasteiger charge is -2.23. The molecule has 2 aromatic rings. The molecule has 0 aromatic heterocycles. The van der Waals surface area contributed by atoms with Crippen LogP contribution in [-0.4, -0.2) is 47.1 Å². The third-order valence-electron chi connectivity index (χ3n) is 6.13. The monoisotopic (exact) mass is 466 g/mol. The highest BCUT2D eigenvalue weighted by Crippen LogP contribution is 2.25. The van der Waals surface area contributed by atoms with Gasteiger partial charge in [-0.3, -0.25) is 14.9 Å². The summed E-state index contributed by atoms with van der Waals surface area (Å²) >= 11 is 0. The van der Waals surface area contributed by atoms with Gasteiger partial charge in [-0.15, -0.1) is 0 Å². The lowest BCUT2D eigenvalue weighted by molar-refractivity contribution is -0.143. The van der Waals surface area contributed by atoms with Crippen molar-refractivity contribution in [3.8, 4) is 11.1 Å². The third kappa shape index (κ3) is 7.15. The normalized spacial score (nSPS) is 16.4. The number of aliphatic hydroxyl groups excluding tert-OH is 1. The number of urea groups is 1. The molecule has 1 heterocycles. The Bertz CT molecular complexity index is 945. The minimum atomic E-state index is -0.725. The molecule has 34 heavy (non-hydrogen) atoms. The van der Waals surface area contributed by atoms with E-state index in [4.69, 9.17) is 4.74 Å². The number of nitrogens with zero attached hydrogens (tertiary/aromatic N) is 1. The van der Waals surface area contributed by atoms with E-state index in [-0.39, 0.29) is 11.9 Å². The number of aliphatic hydroxyl groups is 1. The van der Waals surface area contributed by atoms with E-state index in [9.17, 15) is 19.5 Å². The summed E-state index contributed by atoms with van der Waals surface area (Å²) < 4.78 is 4.92. The van der Waals surface area contributed by atoms with Crippen LogP contribution in [0.15, 0.2) is 54.6 Å². The highest BCUT2D eigenvalue weighted by atomic mass is 16.5. The molecule has 0 saturated carbocycles. The van der Waals surface area contributed by atoms with E-state index < -0.39 is 18.2 Å². The SMILES string of the molecule is CCOC(=O)CCCCCCC1C(=O)NC(=O)N1CCC(O)c1ccc(-c2ccccc2)cc1. The summed E-state index contributed by atoms with van der Waals surface area (Å²) in [5.74, 6) is -0.457. The van der Waals surface area contributed by atoms with Gasteiger partial charge in [0.15, 0.2) is 0 Å². The Hall–Kier alpha value is -3.19. The first-order valence-corrected chi connectivity index (χ1v) is 12.1. The van der Waals surface area contributed by atoms with Gasteiger partial charge in [-0.05, 0) is 42.9 Å². The highest BCUT2D eigenvalue weighted by molar-refractivity contribution is 6.04. The van der Waals surface area contributed by atoms with Crippen LogP contribution >= 0.6 is 0 Å². The predicted octanol–water partition coefficient (Wildman–Crippen LogP) is 4.60. The van der Waals surface area contributed by atoms with E-state index in [1.165, 1.54) is 4.90 Å². The molecule has 0 radical (unpaired) electrons. The summed E-state index contributed by atoms with van der Waals surface area (Å²) in [6.07, 6.45) is 3.89. The molecular formula is C27H34N2O5. The number of amides is 3. The quantitative estimate of drug-likeness (QED) is 0.255. The van der Waals surface area contributed by atoms with Crippen molar-refractivity contribution in [3.05, 3.63) is 60.2 Å². The minimum absolute atomic E-state index is 0.178. The van der Waals surface area contributed by atoms with Gasteiger partial charge in [-0.2, -0.15) is 0 Å². The zero-order chi connectivity index (χ0) is 24.3. The van der Waals surface area contributed by atoms with Crippen molar-refractivity contribution >= 4 is 17.9 Å². The van der Waals surface area contributed by atoms with Crippen molar-refractivity contribution in [1.82, 2.24) is 10.2 Å². The van der Waals surface area contributed by atoms with Crippen molar-refractivity contribution in [1.29, 1.82) is 0 Å². The fraction of sp³-hybridized carbons (Fsp3) is 0.444. The van der Waals surface area contributed by atoms with Gasteiger partial charge < -0.3 is 14.7 Å². The topological polar surface area (TPSA) is 95.9 Å². The number of imide groups is 1. The average molecular weight is 467 g/mol. The van der Waals surface area contributed by atoms with Crippen molar-refractivity contribution in [3.63, 3.8) is 0 Å². The number of nitrogens with one attached hydrogen (secondary N) is 1. The van der Waals surface area contributed by atoms with Crippen LogP contribution in [0.5, 0.6) is 0 Å². The molecule has 1 aliphatic heterocycles. The summed E-state index contributed by atoms with van der Waals surface area (Å²) in [6, 6.07) is 16.9. The molecule has 0 aliphatic carbocycles. The molecule has 0 spiro atoms. The van der Waals surface area contributed by atoms with Crippen LogP contribution in [0.25, 0.3) is 11.1 Å². The van der Waals surface area contributed by atoms with Gasteiger partial charge in [-0.1, -0.05) is 73.9 Å². The molecule has 3 rings (SSSR count). The molecule has 1 saturated heterocycles. The number of hydrogen-bond donors (Lipinski definition) is 2. The molecule has 182 valence electrons. The van der Waals surface area contributed by atoms with Crippen LogP contribution in [0.3, 0.4) is 0 Å². The number of rotatable bonds is 13. The van der Waals surface area contributed by atoms with E-state index in [0.717, 1.165) is 42.4 Å². The van der Waals surface area contributed by atoms with Crippen molar-refractivity contribution < 1.29 is 24.2 Å². The number of carbonyl (C=O) groups excluding carboxylic acids is 3. The van der Waals surface area contributed by atoms with Crippen molar-refractivity contribution in [2.45, 2.75) is 64.0 Å². The van der Waals surface area contributed by atoms with Gasteiger partial charge in [0.05, 0.1) is 12.7 Å². The summed E-state index contributed by atoms with van der Waals surface area (Å²) in [5.41, 5.74) is 2.96. The van der Waals surface area contributed by atoms with Gasteiger partial charge in [0.25, 0.3) is 5.91 Å². The third-order valence-corrected chi connectivity index (χ3v) is 6.13. The van der Waals surface area contributed by atoms with Crippen molar-refractivity contribution in [2.24, 2.45) is 0 Å². The molecule has 2 atom stereocenters. The standard InChI is InChI=1S/C27H34N2O5/c1-2-34-25(31)13-9-4-3-8-12-23-26(32)28-27(33)29(23)19-18-24(30)22-16-14-21(15-17-22)20-10-6-5-7-11-20/h5-7,10-11,14-17,23-24,30H,2-4,8-9,12-13,18-19H2,1H3,(H,28,32,33). The van der Waals surface area contributed by atoms with E-state index in [1.54, 1.807) is 6.92 Å². The summed E-state index contributed by atoms with van der Waals surface area (Å²) in [7, 11) is 0. The summed E-state index contributed by atoms with van der Waals surface area (Å²) in [6.45, 7) is 2.48. The Morgan fingerprint density at radius 2 is 1.68 bits per heavy atom. The Morgan fingerprint density at radius 3 is 2.38 bits per heavy atom. The second-order valence-corrected chi connectivity index (χ2v) is 8.55. The Morgan fingerprint density at radius 1 is 1.00 bits per heavy atom. The molecule has 2 N–H and O–H groups in total. The first kappa shape index (κ1) is 25.4. The molecule has 1 aliphatic rings.